The second-order valence-electron chi connectivity index (χ2n) is 6.10. The van der Waals surface area contributed by atoms with Gasteiger partial charge in [-0.3, -0.25) is 14.3 Å². The second kappa shape index (κ2) is 7.34. The molecule has 0 radical (unpaired) electrons. The first-order chi connectivity index (χ1) is 12.1. The molecule has 1 amide bonds. The Morgan fingerprint density at radius 1 is 1.24 bits per heavy atom. The van der Waals surface area contributed by atoms with Crippen LogP contribution < -0.4 is 10.9 Å². The fourth-order valence-corrected chi connectivity index (χ4v) is 2.88. The molecule has 0 aliphatic carbocycles. The Labute approximate surface area is 146 Å². The molecule has 3 aromatic rings. The Bertz CT molecular complexity index is 941. The molecule has 1 N–H and O–H groups in total. The van der Waals surface area contributed by atoms with Crippen LogP contribution in [0.2, 0.25) is 0 Å². The molecule has 0 saturated carbocycles. The van der Waals surface area contributed by atoms with E-state index in [1.165, 1.54) is 6.20 Å². The van der Waals surface area contributed by atoms with E-state index in [1.807, 2.05) is 30.3 Å². The van der Waals surface area contributed by atoms with E-state index in [-0.39, 0.29) is 11.5 Å². The van der Waals surface area contributed by atoms with Crippen molar-refractivity contribution in [1.29, 1.82) is 0 Å². The molecule has 0 bridgehead atoms. The summed E-state index contributed by atoms with van der Waals surface area (Å²) in [5.41, 5.74) is 1.91. The lowest BCUT2D eigenvalue weighted by atomic mass is 10.1. The first-order valence-electron chi connectivity index (χ1n) is 8.49. The van der Waals surface area contributed by atoms with Gasteiger partial charge in [0.05, 0.1) is 29.2 Å². The minimum Gasteiger partial charge on any atom is -0.352 e. The van der Waals surface area contributed by atoms with E-state index < -0.39 is 0 Å². The van der Waals surface area contributed by atoms with Crippen molar-refractivity contribution in [3.8, 4) is 0 Å². The molecule has 2 heterocycles. The number of nitrogens with one attached hydrogen (secondary N) is 1. The largest absolute Gasteiger partial charge is 0.352 e. The van der Waals surface area contributed by atoms with Crippen LogP contribution in [0.25, 0.3) is 10.9 Å². The zero-order chi connectivity index (χ0) is 17.8. The molecule has 6 heteroatoms. The van der Waals surface area contributed by atoms with Crippen LogP contribution in [0.15, 0.2) is 47.5 Å². The summed E-state index contributed by atoms with van der Waals surface area (Å²) < 4.78 is 3.16. The Balaban J connectivity index is 2.05. The molecule has 0 aliphatic rings. The van der Waals surface area contributed by atoms with Crippen LogP contribution in [0.1, 0.15) is 35.7 Å². The minimum atomic E-state index is -0.177. The maximum atomic E-state index is 12.8. The van der Waals surface area contributed by atoms with Gasteiger partial charge < -0.3 is 9.88 Å². The van der Waals surface area contributed by atoms with Crippen LogP contribution >= 0.6 is 0 Å². The van der Waals surface area contributed by atoms with Crippen LogP contribution in [0.3, 0.4) is 0 Å². The second-order valence-corrected chi connectivity index (χ2v) is 6.10. The van der Waals surface area contributed by atoms with Crippen molar-refractivity contribution in [3.63, 3.8) is 0 Å². The molecular weight excluding hydrogens is 316 g/mol. The Kier molecular flexibility index (Phi) is 4.97. The third-order valence-corrected chi connectivity index (χ3v) is 4.23. The number of aromatic nitrogens is 3. The van der Waals surface area contributed by atoms with Gasteiger partial charge in [-0.25, -0.2) is 0 Å². The molecule has 130 valence electrons. The third kappa shape index (κ3) is 3.47. The number of carbonyl (C=O) groups excluding carboxylic acids is 1. The third-order valence-electron chi connectivity index (χ3n) is 4.23. The molecule has 2 aromatic heterocycles. The van der Waals surface area contributed by atoms with Gasteiger partial charge in [-0.05, 0) is 12.0 Å². The van der Waals surface area contributed by atoms with Crippen LogP contribution in [-0.2, 0) is 13.6 Å². The van der Waals surface area contributed by atoms with Gasteiger partial charge >= 0.3 is 0 Å². The van der Waals surface area contributed by atoms with E-state index in [0.717, 1.165) is 18.4 Å². The van der Waals surface area contributed by atoms with Crippen molar-refractivity contribution in [3.05, 3.63) is 64.2 Å². The fourth-order valence-electron chi connectivity index (χ4n) is 2.88. The van der Waals surface area contributed by atoms with Gasteiger partial charge in [0.2, 0.25) is 0 Å². The van der Waals surface area contributed by atoms with Crippen LogP contribution in [0.5, 0.6) is 0 Å². The summed E-state index contributed by atoms with van der Waals surface area (Å²) in [6, 6.07) is 9.72. The molecule has 0 unspecified atom stereocenters. The van der Waals surface area contributed by atoms with Gasteiger partial charge in [-0.15, -0.1) is 0 Å². The summed E-state index contributed by atoms with van der Waals surface area (Å²) in [7, 11) is 1.74. The number of unbranched alkanes of at least 4 members (excludes halogenated alkanes) is 1. The normalized spacial score (nSPS) is 11.0. The van der Waals surface area contributed by atoms with Gasteiger partial charge in [0, 0.05) is 19.8 Å². The lowest BCUT2D eigenvalue weighted by Crippen LogP contribution is -2.28. The number of nitrogens with zero attached hydrogens (tertiary/aromatic N) is 3. The monoisotopic (exact) mass is 338 g/mol. The summed E-state index contributed by atoms with van der Waals surface area (Å²) in [5, 5.41) is 7.55. The van der Waals surface area contributed by atoms with Gasteiger partial charge in [0.15, 0.2) is 0 Å². The van der Waals surface area contributed by atoms with Gasteiger partial charge in [0.25, 0.3) is 11.5 Å². The predicted octanol–water partition coefficient (Wildman–Crippen LogP) is 2.31. The summed E-state index contributed by atoms with van der Waals surface area (Å²) >= 11 is 0. The first-order valence-corrected chi connectivity index (χ1v) is 8.49. The Hall–Kier alpha value is -2.89. The molecule has 0 saturated heterocycles. The SMILES string of the molecule is CCCCNC(=O)c1cn(Cc2ccccc2)c(=O)c2cnn(C)c12. The highest BCUT2D eigenvalue weighted by Gasteiger charge is 2.18. The van der Waals surface area contributed by atoms with Crippen molar-refractivity contribution in [2.24, 2.45) is 7.05 Å². The predicted molar refractivity (Wildman–Crippen MR) is 97.8 cm³/mol. The van der Waals surface area contributed by atoms with E-state index in [4.69, 9.17) is 0 Å². The highest BCUT2D eigenvalue weighted by molar-refractivity contribution is 6.05. The van der Waals surface area contributed by atoms with E-state index in [2.05, 4.69) is 17.3 Å². The van der Waals surface area contributed by atoms with Crippen LogP contribution in [0, 0.1) is 0 Å². The van der Waals surface area contributed by atoms with Crippen molar-refractivity contribution >= 4 is 16.8 Å². The molecule has 6 nitrogen and oxygen atoms in total. The maximum absolute atomic E-state index is 12.8. The molecule has 0 spiro atoms. The summed E-state index contributed by atoms with van der Waals surface area (Å²) in [6.07, 6.45) is 5.10. The van der Waals surface area contributed by atoms with Crippen molar-refractivity contribution in [2.45, 2.75) is 26.3 Å². The van der Waals surface area contributed by atoms with Crippen molar-refractivity contribution in [2.75, 3.05) is 6.54 Å². The lowest BCUT2D eigenvalue weighted by molar-refractivity contribution is 0.0953. The van der Waals surface area contributed by atoms with Gasteiger partial charge in [-0.2, -0.15) is 5.10 Å². The van der Waals surface area contributed by atoms with Crippen molar-refractivity contribution in [1.82, 2.24) is 19.7 Å². The fraction of sp³-hybridized carbons (Fsp3) is 0.316. The number of pyridine rings is 1. The van der Waals surface area contributed by atoms with Gasteiger partial charge in [-0.1, -0.05) is 43.7 Å². The average Bonchev–Trinajstić information content (AvgIpc) is 3.01. The number of fused-ring (bicyclic) bond motifs is 1. The average molecular weight is 338 g/mol. The van der Waals surface area contributed by atoms with Crippen molar-refractivity contribution < 1.29 is 4.79 Å². The van der Waals surface area contributed by atoms with E-state index in [9.17, 15) is 9.59 Å². The van der Waals surface area contributed by atoms with E-state index in [0.29, 0.717) is 29.6 Å². The zero-order valence-corrected chi connectivity index (χ0v) is 14.5. The van der Waals surface area contributed by atoms with Crippen LogP contribution in [0.4, 0.5) is 0 Å². The summed E-state index contributed by atoms with van der Waals surface area (Å²) in [5.74, 6) is -0.177. The standard InChI is InChI=1S/C19H22N4O2/c1-3-4-10-20-18(24)16-13-23(12-14-8-6-5-7-9-14)19(25)15-11-21-22(2)17(15)16/h5-9,11,13H,3-4,10,12H2,1-2H3,(H,20,24). The highest BCUT2D eigenvalue weighted by atomic mass is 16.2. The molecule has 25 heavy (non-hydrogen) atoms. The number of hydrogen-bond acceptors (Lipinski definition) is 3. The number of carbonyl (C=O) groups is 1. The quantitative estimate of drug-likeness (QED) is 0.701. The number of rotatable bonds is 6. The smallest absolute Gasteiger partial charge is 0.261 e. The summed E-state index contributed by atoms with van der Waals surface area (Å²) in [6.45, 7) is 3.11. The zero-order valence-electron chi connectivity index (χ0n) is 14.5. The number of hydrogen-bond donors (Lipinski definition) is 1. The number of aryl methyl sites for hydroxylation is 1. The van der Waals surface area contributed by atoms with Crippen LogP contribution in [-0.4, -0.2) is 26.8 Å². The molecule has 0 atom stereocenters. The van der Waals surface area contributed by atoms with E-state index in [1.54, 1.807) is 22.5 Å². The summed E-state index contributed by atoms with van der Waals surface area (Å²) in [4.78, 5) is 25.4. The molecule has 0 aliphatic heterocycles. The van der Waals surface area contributed by atoms with Gasteiger partial charge in [0.1, 0.15) is 0 Å². The lowest BCUT2D eigenvalue weighted by Gasteiger charge is -2.11. The van der Waals surface area contributed by atoms with E-state index >= 15 is 0 Å². The Morgan fingerprint density at radius 3 is 2.72 bits per heavy atom. The minimum absolute atomic E-state index is 0.142. The number of amides is 1. The molecule has 3 rings (SSSR count). The first kappa shape index (κ1) is 17.0. The molecule has 0 fully saturated rings. The highest BCUT2D eigenvalue weighted by Crippen LogP contribution is 2.15. The topological polar surface area (TPSA) is 68.9 Å². The molecule has 1 aromatic carbocycles. The Morgan fingerprint density at radius 2 is 2.00 bits per heavy atom. The number of benzene rings is 1. The molecular formula is C19H22N4O2. The maximum Gasteiger partial charge on any atom is 0.261 e.